The van der Waals surface area contributed by atoms with Crippen LogP contribution >= 0.6 is 11.3 Å². The number of piperidine rings is 1. The zero-order valence-electron chi connectivity index (χ0n) is 11.1. The summed E-state index contributed by atoms with van der Waals surface area (Å²) in [5.41, 5.74) is 0. The van der Waals surface area contributed by atoms with Gasteiger partial charge in [-0.2, -0.15) is 0 Å². The highest BCUT2D eigenvalue weighted by molar-refractivity contribution is 7.15. The molecule has 0 radical (unpaired) electrons. The van der Waals surface area contributed by atoms with Crippen LogP contribution in [0.3, 0.4) is 0 Å². The lowest BCUT2D eigenvalue weighted by Crippen LogP contribution is -2.42. The lowest BCUT2D eigenvalue weighted by Gasteiger charge is -2.34. The van der Waals surface area contributed by atoms with Gasteiger partial charge < -0.3 is 4.90 Å². The van der Waals surface area contributed by atoms with E-state index >= 15 is 0 Å². The van der Waals surface area contributed by atoms with Crippen LogP contribution in [0.15, 0.2) is 12.1 Å². The molecule has 0 unspecified atom stereocenters. The molecule has 1 aromatic heterocycles. The fourth-order valence-electron chi connectivity index (χ4n) is 2.63. The first-order valence-corrected chi connectivity index (χ1v) is 7.19. The van der Waals surface area contributed by atoms with Crippen molar-refractivity contribution in [2.75, 3.05) is 13.1 Å². The quantitative estimate of drug-likeness (QED) is 0.771. The summed E-state index contributed by atoms with van der Waals surface area (Å²) in [6.45, 7) is 7.56. The van der Waals surface area contributed by atoms with Crippen molar-refractivity contribution < 1.29 is 9.59 Å². The Bertz CT molecular complexity index is 456. The van der Waals surface area contributed by atoms with E-state index in [2.05, 4.69) is 13.8 Å². The Morgan fingerprint density at radius 1 is 1.17 bits per heavy atom. The average molecular weight is 265 g/mol. The monoisotopic (exact) mass is 265 g/mol. The third-order valence-electron chi connectivity index (χ3n) is 3.32. The molecule has 0 bridgehead atoms. The standard InChI is InChI=1S/C14H19NO2S/c1-9-6-10(2)8-15(7-9)14(17)13-5-4-12(18-13)11(3)16/h4-5,9-10H,6-8H2,1-3H3/t9-,10-/m1/s1. The van der Waals surface area contributed by atoms with Crippen LogP contribution in [0.2, 0.25) is 0 Å². The van der Waals surface area contributed by atoms with Gasteiger partial charge in [-0.1, -0.05) is 13.8 Å². The number of likely N-dealkylation sites (tertiary alicyclic amines) is 1. The summed E-state index contributed by atoms with van der Waals surface area (Å²) in [4.78, 5) is 26.9. The van der Waals surface area contributed by atoms with Gasteiger partial charge in [0.2, 0.25) is 0 Å². The number of amides is 1. The van der Waals surface area contributed by atoms with E-state index < -0.39 is 0 Å². The van der Waals surface area contributed by atoms with E-state index in [0.29, 0.717) is 21.6 Å². The second-order valence-electron chi connectivity index (χ2n) is 5.38. The maximum absolute atomic E-state index is 12.4. The van der Waals surface area contributed by atoms with Crippen LogP contribution < -0.4 is 0 Å². The predicted molar refractivity (Wildman–Crippen MR) is 73.2 cm³/mol. The second kappa shape index (κ2) is 5.22. The maximum Gasteiger partial charge on any atom is 0.263 e. The molecule has 0 aliphatic carbocycles. The predicted octanol–water partition coefficient (Wildman–Crippen LogP) is 3.07. The van der Waals surface area contributed by atoms with Crippen molar-refractivity contribution in [1.82, 2.24) is 4.90 Å². The smallest absolute Gasteiger partial charge is 0.263 e. The Kier molecular flexibility index (Phi) is 3.85. The Balaban J connectivity index is 2.12. The first-order valence-electron chi connectivity index (χ1n) is 6.37. The fourth-order valence-corrected chi connectivity index (χ4v) is 3.50. The molecule has 98 valence electrons. The molecule has 0 N–H and O–H groups in total. The summed E-state index contributed by atoms with van der Waals surface area (Å²) in [6, 6.07) is 3.52. The van der Waals surface area contributed by atoms with Gasteiger partial charge in [0.15, 0.2) is 5.78 Å². The number of hydrogen-bond donors (Lipinski definition) is 0. The van der Waals surface area contributed by atoms with Gasteiger partial charge in [-0.15, -0.1) is 11.3 Å². The van der Waals surface area contributed by atoms with Gasteiger partial charge in [0.1, 0.15) is 0 Å². The lowest BCUT2D eigenvalue weighted by molar-refractivity contribution is 0.0628. The Morgan fingerprint density at radius 2 is 1.72 bits per heavy atom. The second-order valence-corrected chi connectivity index (χ2v) is 6.46. The fraction of sp³-hybridized carbons (Fsp3) is 0.571. The minimum absolute atomic E-state index is 0.0273. The van der Waals surface area contributed by atoms with Crippen molar-refractivity contribution in [2.24, 2.45) is 11.8 Å². The minimum atomic E-state index is 0.0273. The molecule has 2 heterocycles. The van der Waals surface area contributed by atoms with E-state index in [1.54, 1.807) is 12.1 Å². The van der Waals surface area contributed by atoms with E-state index in [-0.39, 0.29) is 11.7 Å². The van der Waals surface area contributed by atoms with Gasteiger partial charge >= 0.3 is 0 Å². The molecule has 0 saturated carbocycles. The van der Waals surface area contributed by atoms with Crippen LogP contribution in [0.5, 0.6) is 0 Å². The number of carbonyl (C=O) groups is 2. The SMILES string of the molecule is CC(=O)c1ccc(C(=O)N2C[C@H](C)C[C@@H](C)C2)s1. The third-order valence-corrected chi connectivity index (χ3v) is 4.49. The van der Waals surface area contributed by atoms with Gasteiger partial charge in [0.25, 0.3) is 5.91 Å². The maximum atomic E-state index is 12.4. The third kappa shape index (κ3) is 2.80. The van der Waals surface area contributed by atoms with E-state index in [0.717, 1.165) is 13.1 Å². The van der Waals surface area contributed by atoms with Crippen LogP contribution in [0, 0.1) is 11.8 Å². The van der Waals surface area contributed by atoms with Gasteiger partial charge in [-0.3, -0.25) is 9.59 Å². The minimum Gasteiger partial charge on any atom is -0.337 e. The molecule has 0 aromatic carbocycles. The summed E-state index contributed by atoms with van der Waals surface area (Å²) >= 11 is 1.30. The summed E-state index contributed by atoms with van der Waals surface area (Å²) < 4.78 is 0. The zero-order valence-corrected chi connectivity index (χ0v) is 11.9. The van der Waals surface area contributed by atoms with Crippen molar-refractivity contribution in [3.8, 4) is 0 Å². The zero-order chi connectivity index (χ0) is 13.3. The van der Waals surface area contributed by atoms with E-state index in [4.69, 9.17) is 0 Å². The number of carbonyl (C=O) groups excluding carboxylic acids is 2. The number of hydrogen-bond acceptors (Lipinski definition) is 3. The van der Waals surface area contributed by atoms with Gasteiger partial charge in [-0.05, 0) is 37.3 Å². The number of thiophene rings is 1. The molecule has 18 heavy (non-hydrogen) atoms. The highest BCUT2D eigenvalue weighted by Crippen LogP contribution is 2.25. The first kappa shape index (κ1) is 13.3. The first-order chi connectivity index (χ1) is 8.47. The lowest BCUT2D eigenvalue weighted by atomic mass is 9.92. The van der Waals surface area contributed by atoms with Crippen molar-refractivity contribution >= 4 is 23.0 Å². The molecule has 1 aliphatic heterocycles. The average Bonchev–Trinajstić information content (AvgIpc) is 2.75. The van der Waals surface area contributed by atoms with Crippen LogP contribution in [0.4, 0.5) is 0 Å². The molecular weight excluding hydrogens is 246 g/mol. The van der Waals surface area contributed by atoms with E-state index in [1.165, 1.54) is 24.7 Å². The number of rotatable bonds is 2. The van der Waals surface area contributed by atoms with E-state index in [9.17, 15) is 9.59 Å². The molecule has 3 nitrogen and oxygen atoms in total. The molecule has 0 spiro atoms. The van der Waals surface area contributed by atoms with E-state index in [1.807, 2.05) is 4.90 Å². The molecule has 1 aromatic rings. The van der Waals surface area contributed by atoms with Crippen molar-refractivity contribution in [3.63, 3.8) is 0 Å². The molecular formula is C14H19NO2S. The van der Waals surface area contributed by atoms with Gasteiger partial charge in [-0.25, -0.2) is 0 Å². The largest absolute Gasteiger partial charge is 0.337 e. The van der Waals surface area contributed by atoms with Crippen LogP contribution in [0.25, 0.3) is 0 Å². The summed E-state index contributed by atoms with van der Waals surface area (Å²) in [7, 11) is 0. The highest BCUT2D eigenvalue weighted by Gasteiger charge is 2.27. The van der Waals surface area contributed by atoms with Crippen molar-refractivity contribution in [3.05, 3.63) is 21.9 Å². The molecule has 1 saturated heterocycles. The molecule has 1 fully saturated rings. The molecule has 1 aliphatic rings. The topological polar surface area (TPSA) is 37.4 Å². The van der Waals surface area contributed by atoms with Crippen molar-refractivity contribution in [1.29, 1.82) is 0 Å². The Hall–Kier alpha value is -1.16. The molecule has 1 amide bonds. The molecule has 4 heteroatoms. The number of nitrogens with zero attached hydrogens (tertiary/aromatic N) is 1. The molecule has 2 rings (SSSR count). The highest BCUT2D eigenvalue weighted by atomic mass is 32.1. The normalized spacial score (nSPS) is 24.1. The van der Waals surface area contributed by atoms with Crippen molar-refractivity contribution in [2.45, 2.75) is 27.2 Å². The Labute approximate surface area is 112 Å². The van der Waals surface area contributed by atoms with Crippen LogP contribution in [-0.4, -0.2) is 29.7 Å². The number of ketones is 1. The van der Waals surface area contributed by atoms with Crippen LogP contribution in [0.1, 0.15) is 46.5 Å². The van der Waals surface area contributed by atoms with Gasteiger partial charge in [0.05, 0.1) is 9.75 Å². The molecule has 2 atom stereocenters. The summed E-state index contributed by atoms with van der Waals surface area (Å²) in [6.07, 6.45) is 1.19. The van der Waals surface area contributed by atoms with Crippen LogP contribution in [-0.2, 0) is 0 Å². The summed E-state index contributed by atoms with van der Waals surface area (Å²) in [5.74, 6) is 1.22. The number of Topliss-reactive ketones (excluding diaryl/α,β-unsaturated/α-hetero) is 1. The summed E-state index contributed by atoms with van der Waals surface area (Å²) in [5, 5.41) is 0. The Morgan fingerprint density at radius 3 is 2.22 bits per heavy atom. The van der Waals surface area contributed by atoms with Gasteiger partial charge in [0, 0.05) is 13.1 Å².